The second-order valence-corrected chi connectivity index (χ2v) is 4.14. The maximum absolute atomic E-state index is 5.60. The van der Waals surface area contributed by atoms with E-state index in [1.807, 2.05) is 19.1 Å². The summed E-state index contributed by atoms with van der Waals surface area (Å²) in [5, 5.41) is 0.513. The summed E-state index contributed by atoms with van der Waals surface area (Å²) in [6.45, 7) is 2.25. The smallest absolute Gasteiger partial charge is 0.298 e. The molecular formula is C11H13N3O2S. The molecule has 0 bridgehead atoms. The van der Waals surface area contributed by atoms with E-state index in [9.17, 15) is 0 Å². The lowest BCUT2D eigenvalue weighted by Crippen LogP contribution is -1.97. The highest BCUT2D eigenvalue weighted by Crippen LogP contribution is 2.28. The van der Waals surface area contributed by atoms with Gasteiger partial charge in [0.05, 0.1) is 7.11 Å². The van der Waals surface area contributed by atoms with E-state index < -0.39 is 0 Å². The van der Waals surface area contributed by atoms with E-state index >= 15 is 0 Å². The quantitative estimate of drug-likeness (QED) is 0.901. The van der Waals surface area contributed by atoms with Gasteiger partial charge in [-0.25, -0.2) is 0 Å². The molecule has 0 fully saturated rings. The van der Waals surface area contributed by atoms with Crippen LogP contribution in [0, 0.1) is 6.92 Å². The van der Waals surface area contributed by atoms with Gasteiger partial charge in [0, 0.05) is 24.1 Å². The molecule has 0 aliphatic rings. The number of aromatic nitrogens is 2. The van der Waals surface area contributed by atoms with Crippen LogP contribution in [0.2, 0.25) is 0 Å². The Hall–Kier alpha value is -1.66. The van der Waals surface area contributed by atoms with Crippen molar-refractivity contribution >= 4 is 11.5 Å². The summed E-state index contributed by atoms with van der Waals surface area (Å²) < 4.78 is 14.8. The Bertz CT molecular complexity index is 491. The molecule has 0 unspecified atom stereocenters. The fraction of sp³-hybridized carbons (Fsp3) is 0.273. The minimum absolute atomic E-state index is 0.433. The van der Waals surface area contributed by atoms with Gasteiger partial charge in [0.2, 0.25) is 0 Å². The van der Waals surface area contributed by atoms with E-state index in [1.54, 1.807) is 13.2 Å². The average Bonchev–Trinajstić information content (AvgIpc) is 2.74. The number of nitrogens with zero attached hydrogens (tertiary/aromatic N) is 2. The number of rotatable bonds is 4. The van der Waals surface area contributed by atoms with Gasteiger partial charge >= 0.3 is 0 Å². The molecule has 0 saturated heterocycles. The first kappa shape index (κ1) is 11.8. The fourth-order valence-corrected chi connectivity index (χ4v) is 1.90. The van der Waals surface area contributed by atoms with E-state index in [4.69, 9.17) is 15.2 Å². The molecule has 0 saturated carbocycles. The highest BCUT2D eigenvalue weighted by molar-refractivity contribution is 7.07. The summed E-state index contributed by atoms with van der Waals surface area (Å²) in [4.78, 5) is 4.13. The molecule has 2 rings (SSSR count). The van der Waals surface area contributed by atoms with Crippen LogP contribution >= 0.6 is 11.5 Å². The van der Waals surface area contributed by atoms with Crippen molar-refractivity contribution in [2.45, 2.75) is 13.5 Å². The lowest BCUT2D eigenvalue weighted by Gasteiger charge is -2.07. The second kappa shape index (κ2) is 5.11. The van der Waals surface area contributed by atoms with Crippen molar-refractivity contribution in [3.63, 3.8) is 0 Å². The van der Waals surface area contributed by atoms with Gasteiger partial charge in [0.25, 0.3) is 5.19 Å². The standard InChI is InChI=1S/C11H13N3O2S/c1-7-13-11(17-14-7)16-10-4-8(6-12)3-9(5-10)15-2/h3-5H,6,12H2,1-2H3. The van der Waals surface area contributed by atoms with Crippen LogP contribution < -0.4 is 15.2 Å². The average molecular weight is 251 g/mol. The van der Waals surface area contributed by atoms with Gasteiger partial charge in [-0.2, -0.15) is 9.36 Å². The predicted octanol–water partition coefficient (Wildman–Crippen LogP) is 2.11. The third-order valence-electron chi connectivity index (χ3n) is 2.13. The van der Waals surface area contributed by atoms with E-state index in [2.05, 4.69) is 9.36 Å². The van der Waals surface area contributed by atoms with Gasteiger partial charge in [-0.05, 0) is 24.6 Å². The number of hydrogen-bond acceptors (Lipinski definition) is 6. The molecule has 5 nitrogen and oxygen atoms in total. The fourth-order valence-electron chi connectivity index (χ4n) is 1.35. The normalized spacial score (nSPS) is 10.3. The van der Waals surface area contributed by atoms with Crippen LogP contribution in [0.15, 0.2) is 18.2 Å². The van der Waals surface area contributed by atoms with Gasteiger partial charge in [-0.15, -0.1) is 0 Å². The zero-order valence-electron chi connectivity index (χ0n) is 9.64. The van der Waals surface area contributed by atoms with Crippen LogP contribution in [0.25, 0.3) is 0 Å². The summed E-state index contributed by atoms with van der Waals surface area (Å²) in [5.74, 6) is 2.07. The van der Waals surface area contributed by atoms with Crippen LogP contribution in [0.5, 0.6) is 16.7 Å². The molecule has 1 aromatic heterocycles. The van der Waals surface area contributed by atoms with E-state index in [0.717, 1.165) is 5.56 Å². The first-order valence-corrected chi connectivity index (χ1v) is 5.85. The molecule has 0 radical (unpaired) electrons. The van der Waals surface area contributed by atoms with Crippen molar-refractivity contribution in [2.75, 3.05) is 7.11 Å². The number of ether oxygens (including phenoxy) is 2. The van der Waals surface area contributed by atoms with E-state index in [0.29, 0.717) is 29.1 Å². The number of benzene rings is 1. The molecule has 90 valence electrons. The molecule has 6 heteroatoms. The van der Waals surface area contributed by atoms with Crippen molar-refractivity contribution in [1.29, 1.82) is 0 Å². The number of nitrogens with two attached hydrogens (primary N) is 1. The molecule has 2 aromatic rings. The van der Waals surface area contributed by atoms with Crippen molar-refractivity contribution in [3.8, 4) is 16.7 Å². The molecule has 2 N–H and O–H groups in total. The lowest BCUT2D eigenvalue weighted by atomic mass is 10.2. The molecule has 17 heavy (non-hydrogen) atoms. The molecule has 0 aliphatic carbocycles. The van der Waals surface area contributed by atoms with E-state index in [1.165, 1.54) is 11.5 Å². The Kier molecular flexibility index (Phi) is 3.55. The van der Waals surface area contributed by atoms with Crippen molar-refractivity contribution in [2.24, 2.45) is 5.73 Å². The Morgan fingerprint density at radius 1 is 1.29 bits per heavy atom. The Morgan fingerprint density at radius 2 is 2.06 bits per heavy atom. The van der Waals surface area contributed by atoms with Crippen molar-refractivity contribution in [3.05, 3.63) is 29.6 Å². The van der Waals surface area contributed by atoms with Gasteiger partial charge in [0.15, 0.2) is 0 Å². The van der Waals surface area contributed by atoms with Crippen molar-refractivity contribution in [1.82, 2.24) is 9.36 Å². The molecule has 0 spiro atoms. The van der Waals surface area contributed by atoms with Gasteiger partial charge in [-0.1, -0.05) is 0 Å². The number of hydrogen-bond donors (Lipinski definition) is 1. The Balaban J connectivity index is 2.25. The van der Waals surface area contributed by atoms with Gasteiger partial charge in [0.1, 0.15) is 17.3 Å². The summed E-state index contributed by atoms with van der Waals surface area (Å²) in [7, 11) is 1.61. The van der Waals surface area contributed by atoms with Crippen LogP contribution in [-0.2, 0) is 6.54 Å². The molecule has 1 heterocycles. The predicted molar refractivity (Wildman–Crippen MR) is 65.6 cm³/mol. The topological polar surface area (TPSA) is 70.3 Å². The Morgan fingerprint density at radius 3 is 2.65 bits per heavy atom. The highest BCUT2D eigenvalue weighted by Gasteiger charge is 2.06. The maximum atomic E-state index is 5.60. The summed E-state index contributed by atoms with van der Waals surface area (Å²) >= 11 is 1.22. The highest BCUT2D eigenvalue weighted by atomic mass is 32.1. The summed E-state index contributed by atoms with van der Waals surface area (Å²) in [5.41, 5.74) is 6.55. The Labute approximate surface area is 103 Å². The third-order valence-corrected chi connectivity index (χ3v) is 2.81. The zero-order valence-corrected chi connectivity index (χ0v) is 10.5. The second-order valence-electron chi connectivity index (χ2n) is 3.43. The largest absolute Gasteiger partial charge is 0.497 e. The van der Waals surface area contributed by atoms with Crippen molar-refractivity contribution < 1.29 is 9.47 Å². The SMILES string of the molecule is COc1cc(CN)cc(Oc2nc(C)ns2)c1. The lowest BCUT2D eigenvalue weighted by molar-refractivity contribution is 0.408. The maximum Gasteiger partial charge on any atom is 0.298 e. The van der Waals surface area contributed by atoms with E-state index in [-0.39, 0.29) is 0 Å². The molecule has 1 aromatic carbocycles. The van der Waals surface area contributed by atoms with Crippen LogP contribution in [0.4, 0.5) is 0 Å². The molecular weight excluding hydrogens is 238 g/mol. The van der Waals surface area contributed by atoms with Crippen LogP contribution in [0.3, 0.4) is 0 Å². The van der Waals surface area contributed by atoms with Gasteiger partial charge in [-0.3, -0.25) is 0 Å². The summed E-state index contributed by atoms with van der Waals surface area (Å²) in [6.07, 6.45) is 0. The first-order valence-electron chi connectivity index (χ1n) is 5.07. The van der Waals surface area contributed by atoms with Crippen LogP contribution in [-0.4, -0.2) is 16.5 Å². The first-order chi connectivity index (χ1) is 8.21. The summed E-state index contributed by atoms with van der Waals surface area (Å²) in [6, 6.07) is 5.52. The number of methoxy groups -OCH3 is 1. The van der Waals surface area contributed by atoms with Crippen LogP contribution in [0.1, 0.15) is 11.4 Å². The molecule has 0 aliphatic heterocycles. The number of aryl methyl sites for hydroxylation is 1. The monoisotopic (exact) mass is 251 g/mol. The third kappa shape index (κ3) is 2.92. The molecule has 0 atom stereocenters. The minimum Gasteiger partial charge on any atom is -0.497 e. The van der Waals surface area contributed by atoms with Gasteiger partial charge < -0.3 is 15.2 Å². The minimum atomic E-state index is 0.433. The zero-order chi connectivity index (χ0) is 12.3. The molecule has 0 amide bonds.